The van der Waals surface area contributed by atoms with Crippen LogP contribution in [0.15, 0.2) is 30.3 Å². The van der Waals surface area contributed by atoms with Crippen LogP contribution in [0.4, 0.5) is 0 Å². The van der Waals surface area contributed by atoms with Crippen molar-refractivity contribution in [3.8, 4) is 0 Å². The van der Waals surface area contributed by atoms with Gasteiger partial charge in [0.25, 0.3) is 0 Å². The first-order chi connectivity index (χ1) is 8.54. The smallest absolute Gasteiger partial charge is 0.237 e. The predicted molar refractivity (Wildman–Crippen MR) is 72.0 cm³/mol. The van der Waals surface area contributed by atoms with Crippen molar-refractivity contribution in [2.24, 2.45) is 11.7 Å². The number of aliphatic hydroxyl groups excluding tert-OH is 1. The Morgan fingerprint density at radius 1 is 1.33 bits per heavy atom. The number of aliphatic hydroxyl groups is 1. The van der Waals surface area contributed by atoms with Crippen LogP contribution in [-0.4, -0.2) is 29.7 Å². The molecule has 0 bridgehead atoms. The van der Waals surface area contributed by atoms with Crippen LogP contribution in [0.5, 0.6) is 0 Å². The molecule has 4 nitrogen and oxygen atoms in total. The molecule has 0 saturated heterocycles. The molecule has 0 aromatic heterocycles. The number of rotatable bonds is 6. The van der Waals surface area contributed by atoms with Crippen LogP contribution in [0.25, 0.3) is 0 Å². The van der Waals surface area contributed by atoms with Gasteiger partial charge in [-0.25, -0.2) is 0 Å². The lowest BCUT2D eigenvalue weighted by Gasteiger charge is -2.21. The second-order valence-corrected chi connectivity index (χ2v) is 4.85. The monoisotopic (exact) mass is 250 g/mol. The number of benzene rings is 1. The fraction of sp³-hybridized carbons (Fsp3) is 0.500. The highest BCUT2D eigenvalue weighted by molar-refractivity contribution is 5.82. The molecule has 2 atom stereocenters. The van der Waals surface area contributed by atoms with E-state index in [-0.39, 0.29) is 24.5 Å². The Hall–Kier alpha value is -1.39. The van der Waals surface area contributed by atoms with Gasteiger partial charge < -0.3 is 16.2 Å². The highest BCUT2D eigenvalue weighted by Gasteiger charge is 2.20. The summed E-state index contributed by atoms with van der Waals surface area (Å²) >= 11 is 0. The van der Waals surface area contributed by atoms with Gasteiger partial charge in [0, 0.05) is 0 Å². The van der Waals surface area contributed by atoms with Crippen LogP contribution in [0.2, 0.25) is 0 Å². The molecule has 4 N–H and O–H groups in total. The molecule has 1 aromatic rings. The molecule has 1 aromatic carbocycles. The van der Waals surface area contributed by atoms with E-state index in [1.165, 1.54) is 0 Å². The summed E-state index contributed by atoms with van der Waals surface area (Å²) < 4.78 is 0. The number of carbonyl (C=O) groups is 1. The number of hydrogen-bond acceptors (Lipinski definition) is 3. The van der Waals surface area contributed by atoms with E-state index in [4.69, 9.17) is 5.73 Å². The normalized spacial score (nSPS) is 14.3. The third kappa shape index (κ3) is 4.47. The van der Waals surface area contributed by atoms with Crippen molar-refractivity contribution in [3.63, 3.8) is 0 Å². The summed E-state index contributed by atoms with van der Waals surface area (Å²) in [7, 11) is 0. The third-order valence-corrected chi connectivity index (χ3v) is 2.91. The lowest BCUT2D eigenvalue weighted by molar-refractivity contribution is -0.124. The van der Waals surface area contributed by atoms with Gasteiger partial charge in [0.05, 0.1) is 18.7 Å². The number of amides is 1. The zero-order chi connectivity index (χ0) is 13.5. The largest absolute Gasteiger partial charge is 0.394 e. The van der Waals surface area contributed by atoms with Crippen molar-refractivity contribution in [1.29, 1.82) is 0 Å². The van der Waals surface area contributed by atoms with Crippen molar-refractivity contribution in [3.05, 3.63) is 35.9 Å². The minimum absolute atomic E-state index is 0.0843. The SMILES string of the molecule is CC(C)[C@H](N)C(=O)NC(CO)Cc1ccccc1. The van der Waals surface area contributed by atoms with E-state index in [0.717, 1.165) is 5.56 Å². The summed E-state index contributed by atoms with van der Waals surface area (Å²) in [6, 6.07) is 8.93. The Morgan fingerprint density at radius 3 is 2.44 bits per heavy atom. The zero-order valence-corrected chi connectivity index (χ0v) is 11.0. The molecule has 0 aliphatic carbocycles. The van der Waals surface area contributed by atoms with E-state index in [1.54, 1.807) is 0 Å². The van der Waals surface area contributed by atoms with Gasteiger partial charge in [-0.2, -0.15) is 0 Å². The van der Waals surface area contributed by atoms with Crippen molar-refractivity contribution < 1.29 is 9.90 Å². The lowest BCUT2D eigenvalue weighted by atomic mass is 10.0. The maximum atomic E-state index is 11.8. The zero-order valence-electron chi connectivity index (χ0n) is 11.0. The summed E-state index contributed by atoms with van der Waals surface area (Å²) in [5.41, 5.74) is 6.84. The minimum atomic E-state index is -0.533. The molecule has 1 unspecified atom stereocenters. The second-order valence-electron chi connectivity index (χ2n) is 4.85. The fourth-order valence-corrected chi connectivity index (χ4v) is 1.66. The summed E-state index contributed by atoms with van der Waals surface area (Å²) in [4.78, 5) is 11.8. The van der Waals surface area contributed by atoms with Crippen LogP contribution in [0, 0.1) is 5.92 Å². The molecule has 18 heavy (non-hydrogen) atoms. The molecule has 0 fully saturated rings. The van der Waals surface area contributed by atoms with Crippen molar-refractivity contribution >= 4 is 5.91 Å². The highest BCUT2D eigenvalue weighted by Crippen LogP contribution is 2.04. The molecule has 100 valence electrons. The molecular weight excluding hydrogens is 228 g/mol. The second kappa shape index (κ2) is 7.13. The van der Waals surface area contributed by atoms with E-state index in [1.807, 2.05) is 44.2 Å². The number of nitrogens with two attached hydrogens (primary N) is 1. The van der Waals surface area contributed by atoms with Gasteiger partial charge >= 0.3 is 0 Å². The number of hydrogen-bond donors (Lipinski definition) is 3. The number of nitrogens with one attached hydrogen (secondary N) is 1. The van der Waals surface area contributed by atoms with Gasteiger partial charge in [0.2, 0.25) is 5.91 Å². The number of carbonyl (C=O) groups excluding carboxylic acids is 1. The Labute approximate surface area is 108 Å². The van der Waals surface area contributed by atoms with Crippen LogP contribution in [-0.2, 0) is 11.2 Å². The van der Waals surface area contributed by atoms with Gasteiger partial charge in [-0.3, -0.25) is 4.79 Å². The first-order valence-electron chi connectivity index (χ1n) is 6.25. The summed E-state index contributed by atoms with van der Waals surface area (Å²) in [6.07, 6.45) is 0.605. The maximum Gasteiger partial charge on any atom is 0.237 e. The van der Waals surface area contributed by atoms with Gasteiger partial charge in [-0.15, -0.1) is 0 Å². The van der Waals surface area contributed by atoms with Crippen LogP contribution in [0.3, 0.4) is 0 Å². The Kier molecular flexibility index (Phi) is 5.82. The molecular formula is C14H22N2O2. The molecule has 0 aliphatic rings. The first-order valence-corrected chi connectivity index (χ1v) is 6.25. The van der Waals surface area contributed by atoms with Crippen LogP contribution >= 0.6 is 0 Å². The average Bonchev–Trinajstić information content (AvgIpc) is 2.37. The van der Waals surface area contributed by atoms with E-state index in [2.05, 4.69) is 5.32 Å². The quantitative estimate of drug-likeness (QED) is 0.695. The third-order valence-electron chi connectivity index (χ3n) is 2.91. The van der Waals surface area contributed by atoms with E-state index in [0.29, 0.717) is 6.42 Å². The van der Waals surface area contributed by atoms with E-state index < -0.39 is 6.04 Å². The summed E-state index contributed by atoms with van der Waals surface area (Å²) in [5.74, 6) is -0.124. The highest BCUT2D eigenvalue weighted by atomic mass is 16.3. The Balaban J connectivity index is 2.55. The summed E-state index contributed by atoms with van der Waals surface area (Å²) in [5, 5.41) is 12.1. The van der Waals surface area contributed by atoms with Gasteiger partial charge in [0.1, 0.15) is 0 Å². The molecule has 0 heterocycles. The van der Waals surface area contributed by atoms with Crippen molar-refractivity contribution in [2.45, 2.75) is 32.4 Å². The standard InChI is InChI=1S/C14H22N2O2/c1-10(2)13(15)14(18)16-12(9-17)8-11-6-4-3-5-7-11/h3-7,10,12-13,17H,8-9,15H2,1-2H3,(H,16,18)/t12?,13-/m0/s1. The van der Waals surface area contributed by atoms with Crippen LogP contribution in [0.1, 0.15) is 19.4 Å². The maximum absolute atomic E-state index is 11.8. The molecule has 0 aliphatic heterocycles. The van der Waals surface area contributed by atoms with E-state index >= 15 is 0 Å². The van der Waals surface area contributed by atoms with E-state index in [9.17, 15) is 9.90 Å². The van der Waals surface area contributed by atoms with Crippen LogP contribution < -0.4 is 11.1 Å². The predicted octanol–water partition coefficient (Wildman–Crippen LogP) is 0.690. The van der Waals surface area contributed by atoms with Crippen molar-refractivity contribution in [1.82, 2.24) is 5.32 Å². The Morgan fingerprint density at radius 2 is 1.94 bits per heavy atom. The Bertz CT molecular complexity index is 365. The topological polar surface area (TPSA) is 75.4 Å². The van der Waals surface area contributed by atoms with Gasteiger partial charge in [-0.05, 0) is 17.9 Å². The average molecular weight is 250 g/mol. The fourth-order valence-electron chi connectivity index (χ4n) is 1.66. The molecule has 1 rings (SSSR count). The lowest BCUT2D eigenvalue weighted by Crippen LogP contribution is -2.49. The molecule has 0 saturated carbocycles. The summed E-state index contributed by atoms with van der Waals surface area (Å²) in [6.45, 7) is 3.70. The molecule has 4 heteroatoms. The molecule has 0 radical (unpaired) electrons. The minimum Gasteiger partial charge on any atom is -0.394 e. The first kappa shape index (κ1) is 14.7. The molecule has 0 spiro atoms. The van der Waals surface area contributed by atoms with Gasteiger partial charge in [0.15, 0.2) is 0 Å². The van der Waals surface area contributed by atoms with Crippen molar-refractivity contribution in [2.75, 3.05) is 6.61 Å². The van der Waals surface area contributed by atoms with Gasteiger partial charge in [-0.1, -0.05) is 44.2 Å². The molecule has 1 amide bonds.